The maximum Gasteiger partial charge on any atom is 0.307 e. The van der Waals surface area contributed by atoms with E-state index in [0.29, 0.717) is 19.6 Å². The molecule has 0 aliphatic carbocycles. The predicted molar refractivity (Wildman–Crippen MR) is 83.7 cm³/mol. The maximum absolute atomic E-state index is 11.7. The summed E-state index contributed by atoms with van der Waals surface area (Å²) in [7, 11) is 0. The van der Waals surface area contributed by atoms with Gasteiger partial charge in [0, 0.05) is 12.6 Å². The molecule has 0 saturated carbocycles. The Kier molecular flexibility index (Phi) is 5.98. The minimum atomic E-state index is -0.174. The normalized spacial score (nSPS) is 11.9. The molecule has 21 heavy (non-hydrogen) atoms. The molecule has 0 heterocycles. The summed E-state index contributed by atoms with van der Waals surface area (Å²) < 4.78 is 5.24. The summed E-state index contributed by atoms with van der Waals surface area (Å²) in [6.45, 7) is 3.04. The molecule has 2 rings (SSSR count). The van der Waals surface area contributed by atoms with Crippen LogP contribution in [0.4, 0.5) is 0 Å². The van der Waals surface area contributed by atoms with E-state index in [4.69, 9.17) is 4.74 Å². The van der Waals surface area contributed by atoms with Crippen LogP contribution >= 0.6 is 0 Å². The Labute approximate surface area is 126 Å². The van der Waals surface area contributed by atoms with Crippen molar-refractivity contribution < 1.29 is 9.53 Å². The van der Waals surface area contributed by atoms with E-state index in [-0.39, 0.29) is 12.0 Å². The van der Waals surface area contributed by atoms with Crippen molar-refractivity contribution in [1.29, 1.82) is 0 Å². The lowest BCUT2D eigenvalue weighted by Crippen LogP contribution is -2.22. The van der Waals surface area contributed by atoms with Crippen LogP contribution in [0.3, 0.4) is 0 Å². The summed E-state index contributed by atoms with van der Waals surface area (Å²) in [5.74, 6) is -0.174. The van der Waals surface area contributed by atoms with E-state index in [0.717, 1.165) is 5.56 Å². The van der Waals surface area contributed by atoms with Crippen LogP contribution in [0, 0.1) is 0 Å². The Hall–Kier alpha value is -2.13. The van der Waals surface area contributed by atoms with Crippen LogP contribution in [0.2, 0.25) is 0 Å². The van der Waals surface area contributed by atoms with Crippen LogP contribution in [-0.2, 0) is 16.1 Å². The predicted octanol–water partition coefficient (Wildman–Crippen LogP) is 3.47. The monoisotopic (exact) mass is 283 g/mol. The molecule has 1 N–H and O–H groups in total. The smallest absolute Gasteiger partial charge is 0.307 e. The third kappa shape index (κ3) is 5.40. The Morgan fingerprint density at radius 2 is 1.67 bits per heavy atom. The number of hydrogen-bond acceptors (Lipinski definition) is 3. The van der Waals surface area contributed by atoms with Crippen molar-refractivity contribution >= 4 is 5.97 Å². The molecule has 2 aromatic rings. The third-order valence-corrected chi connectivity index (χ3v) is 3.32. The van der Waals surface area contributed by atoms with Gasteiger partial charge in [-0.25, -0.2) is 0 Å². The van der Waals surface area contributed by atoms with Gasteiger partial charge in [0.25, 0.3) is 0 Å². The Morgan fingerprint density at radius 3 is 2.33 bits per heavy atom. The van der Waals surface area contributed by atoms with E-state index >= 15 is 0 Å². The average Bonchev–Trinajstić information content (AvgIpc) is 2.54. The molecule has 0 unspecified atom stereocenters. The topological polar surface area (TPSA) is 38.3 Å². The Morgan fingerprint density at radius 1 is 1.05 bits per heavy atom. The van der Waals surface area contributed by atoms with Gasteiger partial charge in [0.15, 0.2) is 0 Å². The summed E-state index contributed by atoms with van der Waals surface area (Å²) in [6, 6.07) is 20.1. The molecule has 0 amide bonds. The van der Waals surface area contributed by atoms with Crippen molar-refractivity contribution in [3.8, 4) is 0 Å². The van der Waals surface area contributed by atoms with Gasteiger partial charge in [-0.2, -0.15) is 0 Å². The first kappa shape index (κ1) is 15.3. The molecule has 0 spiro atoms. The SMILES string of the molecule is C[C@H](NCCC(=O)OCc1ccccc1)c1ccccc1. The minimum Gasteiger partial charge on any atom is -0.461 e. The Balaban J connectivity index is 1.65. The highest BCUT2D eigenvalue weighted by molar-refractivity contribution is 5.69. The molecule has 0 radical (unpaired) electrons. The molecule has 0 aromatic heterocycles. The second kappa shape index (κ2) is 8.22. The summed E-state index contributed by atoms with van der Waals surface area (Å²) in [6.07, 6.45) is 0.379. The van der Waals surface area contributed by atoms with Gasteiger partial charge in [-0.15, -0.1) is 0 Å². The van der Waals surface area contributed by atoms with Crippen LogP contribution in [0.1, 0.15) is 30.5 Å². The molecule has 0 aliphatic heterocycles. The number of esters is 1. The van der Waals surface area contributed by atoms with E-state index in [1.165, 1.54) is 5.56 Å². The van der Waals surface area contributed by atoms with E-state index < -0.39 is 0 Å². The van der Waals surface area contributed by atoms with Crippen molar-refractivity contribution in [3.63, 3.8) is 0 Å². The summed E-state index contributed by atoms with van der Waals surface area (Å²) in [5.41, 5.74) is 2.23. The van der Waals surface area contributed by atoms with Gasteiger partial charge in [0.1, 0.15) is 6.61 Å². The molecule has 110 valence electrons. The minimum absolute atomic E-state index is 0.174. The van der Waals surface area contributed by atoms with Crippen molar-refractivity contribution in [2.24, 2.45) is 0 Å². The summed E-state index contributed by atoms with van der Waals surface area (Å²) in [4.78, 5) is 11.7. The number of benzene rings is 2. The molecule has 0 bridgehead atoms. The number of hydrogen-bond donors (Lipinski definition) is 1. The van der Waals surface area contributed by atoms with Crippen molar-refractivity contribution in [3.05, 3.63) is 71.8 Å². The average molecular weight is 283 g/mol. The van der Waals surface area contributed by atoms with Crippen LogP contribution < -0.4 is 5.32 Å². The van der Waals surface area contributed by atoms with Crippen LogP contribution in [0.25, 0.3) is 0 Å². The fraction of sp³-hybridized carbons (Fsp3) is 0.278. The molecule has 3 nitrogen and oxygen atoms in total. The van der Waals surface area contributed by atoms with Gasteiger partial charge < -0.3 is 10.1 Å². The van der Waals surface area contributed by atoms with Gasteiger partial charge in [0.2, 0.25) is 0 Å². The fourth-order valence-electron chi connectivity index (χ4n) is 2.06. The summed E-state index contributed by atoms with van der Waals surface area (Å²) >= 11 is 0. The van der Waals surface area contributed by atoms with E-state index in [1.54, 1.807) is 0 Å². The zero-order chi connectivity index (χ0) is 14.9. The third-order valence-electron chi connectivity index (χ3n) is 3.32. The highest BCUT2D eigenvalue weighted by Crippen LogP contribution is 2.10. The van der Waals surface area contributed by atoms with Crippen LogP contribution in [-0.4, -0.2) is 12.5 Å². The Bertz CT molecular complexity index is 540. The quantitative estimate of drug-likeness (QED) is 0.791. The second-order valence-corrected chi connectivity index (χ2v) is 4.98. The molecular formula is C18H21NO2. The molecule has 2 aromatic carbocycles. The number of rotatable bonds is 7. The molecule has 0 saturated heterocycles. The van der Waals surface area contributed by atoms with Gasteiger partial charge in [0.05, 0.1) is 6.42 Å². The second-order valence-electron chi connectivity index (χ2n) is 4.98. The standard InChI is InChI=1S/C18H21NO2/c1-15(17-10-6-3-7-11-17)19-13-12-18(20)21-14-16-8-4-2-5-9-16/h2-11,15,19H,12-14H2,1H3/t15-/m0/s1. The number of ether oxygens (including phenoxy) is 1. The lowest BCUT2D eigenvalue weighted by molar-refractivity contribution is -0.144. The number of carbonyl (C=O) groups excluding carboxylic acids is 1. The van der Waals surface area contributed by atoms with Crippen molar-refractivity contribution in [2.75, 3.05) is 6.54 Å². The zero-order valence-electron chi connectivity index (χ0n) is 12.3. The first-order valence-corrected chi connectivity index (χ1v) is 7.23. The largest absolute Gasteiger partial charge is 0.461 e. The van der Waals surface area contributed by atoms with Gasteiger partial charge in [-0.05, 0) is 18.1 Å². The first-order chi connectivity index (χ1) is 10.3. The molecular weight excluding hydrogens is 262 g/mol. The number of carbonyl (C=O) groups is 1. The maximum atomic E-state index is 11.7. The van der Waals surface area contributed by atoms with E-state index in [9.17, 15) is 4.79 Å². The van der Waals surface area contributed by atoms with Crippen LogP contribution in [0.5, 0.6) is 0 Å². The van der Waals surface area contributed by atoms with Gasteiger partial charge in [-0.1, -0.05) is 60.7 Å². The van der Waals surface area contributed by atoms with Crippen molar-refractivity contribution in [2.45, 2.75) is 26.0 Å². The highest BCUT2D eigenvalue weighted by atomic mass is 16.5. The molecule has 3 heteroatoms. The number of nitrogens with one attached hydrogen (secondary N) is 1. The highest BCUT2D eigenvalue weighted by Gasteiger charge is 2.06. The molecule has 1 atom stereocenters. The lowest BCUT2D eigenvalue weighted by atomic mass is 10.1. The van der Waals surface area contributed by atoms with Crippen molar-refractivity contribution in [1.82, 2.24) is 5.32 Å². The van der Waals surface area contributed by atoms with Gasteiger partial charge in [-0.3, -0.25) is 4.79 Å². The molecule has 0 fully saturated rings. The summed E-state index contributed by atoms with van der Waals surface area (Å²) in [5, 5.41) is 3.33. The van der Waals surface area contributed by atoms with Gasteiger partial charge >= 0.3 is 5.97 Å². The molecule has 0 aliphatic rings. The lowest BCUT2D eigenvalue weighted by Gasteiger charge is -2.13. The first-order valence-electron chi connectivity index (χ1n) is 7.23. The zero-order valence-corrected chi connectivity index (χ0v) is 12.3. The van der Waals surface area contributed by atoms with E-state index in [2.05, 4.69) is 24.4 Å². The van der Waals surface area contributed by atoms with E-state index in [1.807, 2.05) is 48.5 Å². The fourth-order valence-corrected chi connectivity index (χ4v) is 2.06. The van der Waals surface area contributed by atoms with Crippen LogP contribution in [0.15, 0.2) is 60.7 Å².